The third-order valence-corrected chi connectivity index (χ3v) is 4.08. The summed E-state index contributed by atoms with van der Waals surface area (Å²) in [5.41, 5.74) is 2.66. The number of nitrogens with zero attached hydrogens (tertiary/aromatic N) is 2. The summed E-state index contributed by atoms with van der Waals surface area (Å²) in [5, 5.41) is 13.7. The number of carbonyl (C=O) groups excluding carboxylic acids is 1. The number of hydrogen-bond acceptors (Lipinski definition) is 4. The summed E-state index contributed by atoms with van der Waals surface area (Å²) >= 11 is 0. The number of hydrogen-bond donors (Lipinski definition) is 3. The lowest BCUT2D eigenvalue weighted by Crippen LogP contribution is -2.15. The molecular weight excluding hydrogens is 290 g/mol. The van der Waals surface area contributed by atoms with E-state index in [9.17, 15) is 4.79 Å². The summed E-state index contributed by atoms with van der Waals surface area (Å²) in [6.07, 6.45) is 6.37. The van der Waals surface area contributed by atoms with E-state index in [4.69, 9.17) is 0 Å². The van der Waals surface area contributed by atoms with Crippen molar-refractivity contribution in [3.05, 3.63) is 36.7 Å². The molecule has 1 aliphatic rings. The van der Waals surface area contributed by atoms with Crippen molar-refractivity contribution in [3.63, 3.8) is 0 Å². The highest BCUT2D eigenvalue weighted by Gasteiger charge is 2.15. The molecule has 1 fully saturated rings. The van der Waals surface area contributed by atoms with Crippen LogP contribution in [0.1, 0.15) is 19.3 Å². The minimum absolute atomic E-state index is 0.0791. The highest BCUT2D eigenvalue weighted by molar-refractivity contribution is 5.91. The summed E-state index contributed by atoms with van der Waals surface area (Å²) in [4.78, 5) is 12.1. The number of rotatable bonds is 6. The van der Waals surface area contributed by atoms with Crippen LogP contribution in [-0.4, -0.2) is 28.8 Å². The Labute approximate surface area is 136 Å². The number of amides is 1. The maximum absolute atomic E-state index is 12.1. The zero-order chi connectivity index (χ0) is 16.1. The molecule has 3 rings (SSSR count). The number of benzene rings is 1. The Bertz CT molecular complexity index is 661. The SMILES string of the molecule is Cn1cc(Nc2cccc(NC(=O)CCC3CCNC3)c2)cn1. The second-order valence-electron chi connectivity index (χ2n) is 6.05. The van der Waals surface area contributed by atoms with E-state index < -0.39 is 0 Å². The van der Waals surface area contributed by atoms with Gasteiger partial charge in [-0.15, -0.1) is 0 Å². The summed E-state index contributed by atoms with van der Waals surface area (Å²) < 4.78 is 1.74. The first-order valence-corrected chi connectivity index (χ1v) is 8.05. The molecule has 1 aromatic carbocycles. The van der Waals surface area contributed by atoms with Crippen molar-refractivity contribution >= 4 is 23.0 Å². The van der Waals surface area contributed by atoms with Gasteiger partial charge in [0.1, 0.15) is 0 Å². The molecule has 0 spiro atoms. The number of aryl methyl sites for hydroxylation is 1. The predicted octanol–water partition coefficient (Wildman–Crippen LogP) is 2.49. The molecule has 122 valence electrons. The molecule has 1 aromatic heterocycles. The van der Waals surface area contributed by atoms with Crippen molar-refractivity contribution in [2.75, 3.05) is 23.7 Å². The minimum atomic E-state index is 0.0791. The molecule has 0 aliphatic carbocycles. The van der Waals surface area contributed by atoms with Crippen LogP contribution in [0.3, 0.4) is 0 Å². The molecule has 6 nitrogen and oxygen atoms in total. The normalized spacial score (nSPS) is 17.2. The average molecular weight is 313 g/mol. The Kier molecular flexibility index (Phi) is 4.92. The summed E-state index contributed by atoms with van der Waals surface area (Å²) in [6, 6.07) is 7.73. The quantitative estimate of drug-likeness (QED) is 0.766. The van der Waals surface area contributed by atoms with Crippen molar-refractivity contribution in [2.45, 2.75) is 19.3 Å². The van der Waals surface area contributed by atoms with Crippen LogP contribution in [0.15, 0.2) is 36.7 Å². The fourth-order valence-electron chi connectivity index (χ4n) is 2.85. The molecule has 0 radical (unpaired) electrons. The molecule has 1 atom stereocenters. The smallest absolute Gasteiger partial charge is 0.224 e. The zero-order valence-electron chi connectivity index (χ0n) is 13.4. The molecule has 1 amide bonds. The van der Waals surface area contributed by atoms with Crippen LogP contribution in [0.25, 0.3) is 0 Å². The van der Waals surface area contributed by atoms with Crippen molar-refractivity contribution in [1.29, 1.82) is 0 Å². The van der Waals surface area contributed by atoms with E-state index in [-0.39, 0.29) is 5.91 Å². The molecule has 2 aromatic rings. The number of aromatic nitrogens is 2. The Hall–Kier alpha value is -2.34. The Balaban J connectivity index is 1.53. The van der Waals surface area contributed by atoms with Gasteiger partial charge >= 0.3 is 0 Å². The maximum Gasteiger partial charge on any atom is 0.224 e. The fraction of sp³-hybridized carbons (Fsp3) is 0.412. The van der Waals surface area contributed by atoms with E-state index in [0.29, 0.717) is 12.3 Å². The number of nitrogens with one attached hydrogen (secondary N) is 3. The molecule has 0 saturated carbocycles. The van der Waals surface area contributed by atoms with Gasteiger partial charge in [0.15, 0.2) is 0 Å². The van der Waals surface area contributed by atoms with Gasteiger partial charge < -0.3 is 16.0 Å². The monoisotopic (exact) mass is 313 g/mol. The van der Waals surface area contributed by atoms with Crippen molar-refractivity contribution < 1.29 is 4.79 Å². The van der Waals surface area contributed by atoms with Crippen molar-refractivity contribution in [1.82, 2.24) is 15.1 Å². The van der Waals surface area contributed by atoms with Gasteiger partial charge in [0.05, 0.1) is 11.9 Å². The van der Waals surface area contributed by atoms with Crippen LogP contribution in [-0.2, 0) is 11.8 Å². The molecule has 1 unspecified atom stereocenters. The van der Waals surface area contributed by atoms with Gasteiger partial charge in [0.25, 0.3) is 0 Å². The van der Waals surface area contributed by atoms with Gasteiger partial charge in [-0.2, -0.15) is 5.10 Å². The third kappa shape index (κ3) is 4.56. The highest BCUT2D eigenvalue weighted by atomic mass is 16.1. The predicted molar refractivity (Wildman–Crippen MR) is 91.8 cm³/mol. The molecule has 6 heteroatoms. The lowest BCUT2D eigenvalue weighted by Gasteiger charge is -2.10. The highest BCUT2D eigenvalue weighted by Crippen LogP contribution is 2.20. The fourth-order valence-corrected chi connectivity index (χ4v) is 2.85. The van der Waals surface area contributed by atoms with E-state index in [1.807, 2.05) is 37.5 Å². The first-order valence-electron chi connectivity index (χ1n) is 8.05. The van der Waals surface area contributed by atoms with Crippen LogP contribution in [0.2, 0.25) is 0 Å². The topological polar surface area (TPSA) is 71.0 Å². The van der Waals surface area contributed by atoms with E-state index in [1.54, 1.807) is 10.9 Å². The Morgan fingerprint density at radius 1 is 1.39 bits per heavy atom. The first-order chi connectivity index (χ1) is 11.2. The van der Waals surface area contributed by atoms with Gasteiger partial charge in [0, 0.05) is 31.0 Å². The number of anilines is 3. The molecule has 0 bridgehead atoms. The van der Waals surface area contributed by atoms with E-state index in [2.05, 4.69) is 21.0 Å². The second-order valence-corrected chi connectivity index (χ2v) is 6.05. The minimum Gasteiger partial charge on any atom is -0.353 e. The van der Waals surface area contributed by atoms with Crippen LogP contribution < -0.4 is 16.0 Å². The van der Waals surface area contributed by atoms with E-state index in [0.717, 1.165) is 36.6 Å². The zero-order valence-corrected chi connectivity index (χ0v) is 13.4. The largest absolute Gasteiger partial charge is 0.353 e. The van der Waals surface area contributed by atoms with E-state index >= 15 is 0 Å². The molecule has 23 heavy (non-hydrogen) atoms. The van der Waals surface area contributed by atoms with Gasteiger partial charge in [0.2, 0.25) is 5.91 Å². The Morgan fingerprint density at radius 3 is 3.00 bits per heavy atom. The lowest BCUT2D eigenvalue weighted by atomic mass is 10.0. The van der Waals surface area contributed by atoms with Crippen LogP contribution in [0, 0.1) is 5.92 Å². The molecule has 2 heterocycles. The van der Waals surface area contributed by atoms with Crippen molar-refractivity contribution in [3.8, 4) is 0 Å². The standard InChI is InChI=1S/C17H23N5O/c1-22-12-16(11-19-22)20-14-3-2-4-15(9-14)21-17(23)6-5-13-7-8-18-10-13/h2-4,9,11-13,18,20H,5-8,10H2,1H3,(H,21,23). The first kappa shape index (κ1) is 15.6. The maximum atomic E-state index is 12.1. The van der Waals surface area contributed by atoms with E-state index in [1.165, 1.54) is 6.42 Å². The summed E-state index contributed by atoms with van der Waals surface area (Å²) in [6.45, 7) is 2.12. The summed E-state index contributed by atoms with van der Waals surface area (Å²) in [5.74, 6) is 0.717. The van der Waals surface area contributed by atoms with Gasteiger partial charge in [-0.05, 0) is 50.0 Å². The van der Waals surface area contributed by atoms with Crippen LogP contribution >= 0.6 is 0 Å². The third-order valence-electron chi connectivity index (χ3n) is 4.08. The van der Waals surface area contributed by atoms with Crippen LogP contribution in [0.4, 0.5) is 17.1 Å². The van der Waals surface area contributed by atoms with Gasteiger partial charge in [-0.3, -0.25) is 9.48 Å². The van der Waals surface area contributed by atoms with Crippen molar-refractivity contribution in [2.24, 2.45) is 13.0 Å². The average Bonchev–Trinajstić information content (AvgIpc) is 3.17. The number of carbonyl (C=O) groups is 1. The lowest BCUT2D eigenvalue weighted by molar-refractivity contribution is -0.116. The van der Waals surface area contributed by atoms with Gasteiger partial charge in [-0.1, -0.05) is 6.07 Å². The van der Waals surface area contributed by atoms with Crippen LogP contribution in [0.5, 0.6) is 0 Å². The summed E-state index contributed by atoms with van der Waals surface area (Å²) in [7, 11) is 1.88. The van der Waals surface area contributed by atoms with Gasteiger partial charge in [-0.25, -0.2) is 0 Å². The Morgan fingerprint density at radius 2 is 2.26 bits per heavy atom. The second kappa shape index (κ2) is 7.28. The molecular formula is C17H23N5O. The molecule has 1 saturated heterocycles. The molecule has 1 aliphatic heterocycles. The molecule has 3 N–H and O–H groups in total.